The van der Waals surface area contributed by atoms with Crippen LogP contribution in [0.1, 0.15) is 63.8 Å². The second kappa shape index (κ2) is 10.5. The lowest BCUT2D eigenvalue weighted by molar-refractivity contribution is 0.0596. The molecule has 0 spiro atoms. The highest BCUT2D eigenvalue weighted by Gasteiger charge is 2.33. The second-order valence-electron chi connectivity index (χ2n) is 9.50. The lowest BCUT2D eigenvalue weighted by atomic mass is 9.90. The third kappa shape index (κ3) is 5.49. The number of methoxy groups -OCH3 is 1. The summed E-state index contributed by atoms with van der Waals surface area (Å²) in [5.41, 5.74) is 5.19. The van der Waals surface area contributed by atoms with Crippen LogP contribution in [0.4, 0.5) is 0 Å². The number of carbonyl (C=O) groups is 1. The van der Waals surface area contributed by atoms with Crippen LogP contribution in [-0.2, 0) is 13.0 Å². The number of aryl methyl sites for hydroxylation is 1. The maximum absolute atomic E-state index is 12.9. The van der Waals surface area contributed by atoms with E-state index in [1.807, 2.05) is 29.2 Å². The van der Waals surface area contributed by atoms with Crippen molar-refractivity contribution in [2.45, 2.75) is 44.1 Å². The maximum atomic E-state index is 12.9. The average molecular weight is 473 g/mol. The topological polar surface area (TPSA) is 71.9 Å². The van der Waals surface area contributed by atoms with E-state index in [4.69, 9.17) is 14.6 Å². The molecule has 0 atom stereocenters. The van der Waals surface area contributed by atoms with Gasteiger partial charge in [0.1, 0.15) is 12.3 Å². The van der Waals surface area contributed by atoms with Gasteiger partial charge in [0.05, 0.1) is 7.11 Å². The van der Waals surface area contributed by atoms with Crippen LogP contribution in [-0.4, -0.2) is 47.7 Å². The first kappa shape index (κ1) is 23.4. The zero-order valence-corrected chi connectivity index (χ0v) is 20.2. The Morgan fingerprint density at radius 3 is 2.46 bits per heavy atom. The Morgan fingerprint density at radius 1 is 0.971 bits per heavy atom. The van der Waals surface area contributed by atoms with Gasteiger partial charge in [0.25, 0.3) is 5.91 Å². The molecular formula is C29H32N2O4. The van der Waals surface area contributed by atoms with E-state index >= 15 is 0 Å². The first-order chi connectivity index (χ1) is 17.1. The Labute approximate surface area is 206 Å². The fourth-order valence-corrected chi connectivity index (χ4v) is 4.57. The van der Waals surface area contributed by atoms with E-state index in [9.17, 15) is 4.79 Å². The molecule has 5 rings (SSSR count). The number of aromatic nitrogens is 1. The lowest BCUT2D eigenvalue weighted by Gasteiger charge is -2.39. The molecule has 1 saturated carbocycles. The van der Waals surface area contributed by atoms with Gasteiger partial charge in [-0.15, -0.1) is 0 Å². The molecule has 3 aromatic rings. The summed E-state index contributed by atoms with van der Waals surface area (Å²) >= 11 is 0. The summed E-state index contributed by atoms with van der Waals surface area (Å²) in [6.45, 7) is 1.94. The highest BCUT2D eigenvalue weighted by atomic mass is 16.5. The van der Waals surface area contributed by atoms with Gasteiger partial charge in [0.15, 0.2) is 11.5 Å². The molecule has 0 bridgehead atoms. The van der Waals surface area contributed by atoms with Crippen molar-refractivity contribution in [2.75, 3.05) is 26.8 Å². The molecule has 0 unspecified atom stereocenters. The third-order valence-electron chi connectivity index (χ3n) is 6.92. The van der Waals surface area contributed by atoms with E-state index in [0.29, 0.717) is 37.6 Å². The van der Waals surface area contributed by atoms with Gasteiger partial charge in [-0.2, -0.15) is 0 Å². The molecule has 1 aromatic heterocycles. The van der Waals surface area contributed by atoms with Crippen molar-refractivity contribution in [2.24, 2.45) is 0 Å². The van der Waals surface area contributed by atoms with Gasteiger partial charge < -0.3 is 19.5 Å². The lowest BCUT2D eigenvalue weighted by Crippen LogP contribution is -2.48. The standard InChI is InChI=1S/C29H32N2O4/c1-34-28-16-24(10-11-27(28)35-19-21-4-6-22(7-5-21)23-8-9-23)25-17-31(18-25)29(33)26-15-20(3-2-14-32)12-13-30-26/h4-7,10-13,15-16,23,25,32H,2-3,8-9,14,17-19H2,1H3. The summed E-state index contributed by atoms with van der Waals surface area (Å²) in [6, 6.07) is 18.5. The van der Waals surface area contributed by atoms with E-state index in [2.05, 4.69) is 35.3 Å². The molecule has 1 N–H and O–H groups in total. The Bertz CT molecular complexity index is 1170. The molecule has 0 radical (unpaired) electrons. The van der Waals surface area contributed by atoms with E-state index in [1.54, 1.807) is 13.3 Å². The van der Waals surface area contributed by atoms with Crippen LogP contribution in [0, 0.1) is 0 Å². The molecule has 35 heavy (non-hydrogen) atoms. The van der Waals surface area contributed by atoms with Crippen LogP contribution >= 0.6 is 0 Å². The fraction of sp³-hybridized carbons (Fsp3) is 0.379. The van der Waals surface area contributed by atoms with Gasteiger partial charge in [0.2, 0.25) is 0 Å². The van der Waals surface area contributed by atoms with Crippen LogP contribution in [0.5, 0.6) is 11.5 Å². The van der Waals surface area contributed by atoms with Crippen LogP contribution in [0.25, 0.3) is 0 Å². The number of amides is 1. The summed E-state index contributed by atoms with van der Waals surface area (Å²) in [7, 11) is 1.66. The molecule has 1 saturated heterocycles. The van der Waals surface area contributed by atoms with Gasteiger partial charge in [-0.25, -0.2) is 0 Å². The number of rotatable bonds is 10. The molecule has 1 aliphatic carbocycles. The summed E-state index contributed by atoms with van der Waals surface area (Å²) in [6.07, 6.45) is 5.70. The Hall–Kier alpha value is -3.38. The number of hydrogen-bond donors (Lipinski definition) is 1. The average Bonchev–Trinajstić information content (AvgIpc) is 3.72. The highest BCUT2D eigenvalue weighted by Crippen LogP contribution is 2.40. The minimum atomic E-state index is -0.0493. The van der Waals surface area contributed by atoms with Gasteiger partial charge >= 0.3 is 0 Å². The Morgan fingerprint density at radius 2 is 1.74 bits per heavy atom. The van der Waals surface area contributed by atoms with Crippen molar-refractivity contribution in [3.8, 4) is 11.5 Å². The van der Waals surface area contributed by atoms with Crippen molar-refractivity contribution in [1.82, 2.24) is 9.88 Å². The number of hydrogen-bond acceptors (Lipinski definition) is 5. The minimum absolute atomic E-state index is 0.0493. The van der Waals surface area contributed by atoms with Crippen LogP contribution < -0.4 is 9.47 Å². The molecular weight excluding hydrogens is 440 g/mol. The summed E-state index contributed by atoms with van der Waals surface area (Å²) in [5.74, 6) is 2.40. The number of benzene rings is 2. The summed E-state index contributed by atoms with van der Waals surface area (Å²) in [4.78, 5) is 18.9. The van der Waals surface area contributed by atoms with E-state index < -0.39 is 0 Å². The summed E-state index contributed by atoms with van der Waals surface area (Å²) < 4.78 is 11.7. The molecule has 2 aliphatic rings. The monoisotopic (exact) mass is 472 g/mol. The fourth-order valence-electron chi connectivity index (χ4n) is 4.57. The molecule has 1 amide bonds. The molecule has 2 aromatic carbocycles. The maximum Gasteiger partial charge on any atom is 0.272 e. The molecule has 1 aliphatic heterocycles. The van der Waals surface area contributed by atoms with Crippen molar-refractivity contribution in [1.29, 1.82) is 0 Å². The number of likely N-dealkylation sites (tertiary alicyclic amines) is 1. The molecule has 6 heteroatoms. The van der Waals surface area contributed by atoms with Crippen molar-refractivity contribution < 1.29 is 19.4 Å². The smallest absolute Gasteiger partial charge is 0.272 e. The van der Waals surface area contributed by atoms with Gasteiger partial charge in [-0.1, -0.05) is 30.3 Å². The highest BCUT2D eigenvalue weighted by molar-refractivity contribution is 5.93. The third-order valence-corrected chi connectivity index (χ3v) is 6.92. The largest absolute Gasteiger partial charge is 0.493 e. The molecule has 6 nitrogen and oxygen atoms in total. The van der Waals surface area contributed by atoms with Crippen LogP contribution in [0.2, 0.25) is 0 Å². The van der Waals surface area contributed by atoms with Crippen molar-refractivity contribution in [3.05, 3.63) is 88.7 Å². The number of ether oxygens (including phenoxy) is 2. The summed E-state index contributed by atoms with van der Waals surface area (Å²) in [5, 5.41) is 9.04. The van der Waals surface area contributed by atoms with Crippen LogP contribution in [0.15, 0.2) is 60.8 Å². The molecule has 2 fully saturated rings. The molecule has 182 valence electrons. The van der Waals surface area contributed by atoms with Gasteiger partial charge in [0, 0.05) is 31.8 Å². The first-order valence-corrected chi connectivity index (χ1v) is 12.4. The predicted octanol–water partition coefficient (Wildman–Crippen LogP) is 4.71. The first-order valence-electron chi connectivity index (χ1n) is 12.4. The van der Waals surface area contributed by atoms with Gasteiger partial charge in [-0.05, 0) is 78.1 Å². The van der Waals surface area contributed by atoms with E-state index in [1.165, 1.54) is 18.4 Å². The number of pyridine rings is 1. The normalized spacial score (nSPS) is 15.5. The van der Waals surface area contributed by atoms with Crippen molar-refractivity contribution >= 4 is 5.91 Å². The quantitative estimate of drug-likeness (QED) is 0.463. The number of carbonyl (C=O) groups excluding carboxylic acids is 1. The van der Waals surface area contributed by atoms with E-state index in [-0.39, 0.29) is 18.4 Å². The SMILES string of the molecule is COc1cc(C2CN(C(=O)c3cc(CCCO)ccn3)C2)ccc1OCc1ccc(C2CC2)cc1. The number of aliphatic hydroxyl groups is 1. The zero-order valence-electron chi connectivity index (χ0n) is 20.2. The minimum Gasteiger partial charge on any atom is -0.493 e. The Kier molecular flexibility index (Phi) is 7.00. The molecule has 2 heterocycles. The number of nitrogens with zero attached hydrogens (tertiary/aromatic N) is 2. The van der Waals surface area contributed by atoms with E-state index in [0.717, 1.165) is 34.8 Å². The van der Waals surface area contributed by atoms with Crippen molar-refractivity contribution in [3.63, 3.8) is 0 Å². The van der Waals surface area contributed by atoms with Gasteiger partial charge in [-0.3, -0.25) is 9.78 Å². The number of aliphatic hydroxyl groups excluding tert-OH is 1. The Balaban J connectivity index is 1.17. The second-order valence-corrected chi connectivity index (χ2v) is 9.50. The van der Waals surface area contributed by atoms with Crippen LogP contribution in [0.3, 0.4) is 0 Å². The predicted molar refractivity (Wildman–Crippen MR) is 134 cm³/mol. The zero-order chi connectivity index (χ0) is 24.2.